The van der Waals surface area contributed by atoms with Gasteiger partial charge in [-0.25, -0.2) is 13.4 Å². The first kappa shape index (κ1) is 15.1. The summed E-state index contributed by atoms with van der Waals surface area (Å²) in [5, 5.41) is 0.445. The number of halogens is 1. The summed E-state index contributed by atoms with van der Waals surface area (Å²) in [4.78, 5) is 4.09. The van der Waals surface area contributed by atoms with Crippen LogP contribution in [0.15, 0.2) is 35.4 Å². The highest BCUT2D eigenvalue weighted by Crippen LogP contribution is 2.37. The van der Waals surface area contributed by atoms with Crippen LogP contribution in [0.3, 0.4) is 0 Å². The van der Waals surface area contributed by atoms with E-state index in [-0.39, 0.29) is 4.90 Å². The van der Waals surface area contributed by atoms with Gasteiger partial charge in [-0.2, -0.15) is 0 Å². The molecule has 7 heteroatoms. The number of hydrogen-bond donors (Lipinski definition) is 1. The number of para-hydroxylation sites is 1. The number of aryl methyl sites for hydroxylation is 2. The quantitative estimate of drug-likeness (QED) is 0.914. The predicted molar refractivity (Wildman–Crippen MR) is 87.7 cm³/mol. The fourth-order valence-electron chi connectivity index (χ4n) is 2.63. The molecule has 116 valence electrons. The van der Waals surface area contributed by atoms with Gasteiger partial charge < -0.3 is 5.73 Å². The SMILES string of the molecule is Cc1cc(S(=O)(=O)N2CCCc3cccc(Cl)c32)cnc1N. The zero-order valence-corrected chi connectivity index (χ0v) is 13.7. The molecule has 0 atom stereocenters. The predicted octanol–water partition coefficient (Wildman–Crippen LogP) is 2.77. The Morgan fingerprint density at radius 3 is 2.86 bits per heavy atom. The lowest BCUT2D eigenvalue weighted by Gasteiger charge is -2.31. The van der Waals surface area contributed by atoms with Gasteiger partial charge in [0.1, 0.15) is 10.7 Å². The molecule has 0 saturated carbocycles. The summed E-state index contributed by atoms with van der Waals surface area (Å²) < 4.78 is 27.3. The van der Waals surface area contributed by atoms with Gasteiger partial charge in [0, 0.05) is 12.7 Å². The summed E-state index contributed by atoms with van der Waals surface area (Å²) in [5.41, 5.74) is 7.83. The van der Waals surface area contributed by atoms with E-state index in [1.807, 2.05) is 12.1 Å². The summed E-state index contributed by atoms with van der Waals surface area (Å²) in [6, 6.07) is 7.01. The zero-order chi connectivity index (χ0) is 15.9. The molecular formula is C15H16ClN3O2S. The zero-order valence-electron chi connectivity index (χ0n) is 12.1. The lowest BCUT2D eigenvalue weighted by Crippen LogP contribution is -2.35. The molecule has 1 aliphatic rings. The summed E-state index contributed by atoms with van der Waals surface area (Å²) in [6.45, 7) is 2.14. The molecule has 0 spiro atoms. The smallest absolute Gasteiger partial charge is 0.265 e. The standard InChI is InChI=1S/C15H16ClN3O2S/c1-10-8-12(9-18-15(10)17)22(20,21)19-7-3-5-11-4-2-6-13(16)14(11)19/h2,4,6,8-9H,3,5,7H2,1H3,(H2,17,18). The molecule has 1 aromatic carbocycles. The second-order valence-electron chi connectivity index (χ2n) is 5.30. The van der Waals surface area contributed by atoms with Crippen LogP contribution in [0, 0.1) is 6.92 Å². The second-order valence-corrected chi connectivity index (χ2v) is 7.57. The van der Waals surface area contributed by atoms with Crippen molar-refractivity contribution in [1.82, 2.24) is 4.98 Å². The lowest BCUT2D eigenvalue weighted by molar-refractivity contribution is 0.586. The van der Waals surface area contributed by atoms with Gasteiger partial charge in [-0.15, -0.1) is 0 Å². The minimum Gasteiger partial charge on any atom is -0.383 e. The topological polar surface area (TPSA) is 76.3 Å². The van der Waals surface area contributed by atoms with Crippen molar-refractivity contribution in [3.63, 3.8) is 0 Å². The largest absolute Gasteiger partial charge is 0.383 e. The van der Waals surface area contributed by atoms with E-state index in [9.17, 15) is 8.42 Å². The average molecular weight is 338 g/mol. The number of aromatic nitrogens is 1. The highest BCUT2D eigenvalue weighted by atomic mass is 35.5. The van der Waals surface area contributed by atoms with Gasteiger partial charge in [0.25, 0.3) is 10.0 Å². The Bertz CT molecular complexity index is 837. The molecule has 0 bridgehead atoms. The van der Waals surface area contributed by atoms with Crippen molar-refractivity contribution in [3.8, 4) is 0 Å². The van der Waals surface area contributed by atoms with Gasteiger partial charge in [0.2, 0.25) is 0 Å². The number of hydrogen-bond acceptors (Lipinski definition) is 4. The lowest BCUT2D eigenvalue weighted by atomic mass is 10.0. The van der Waals surface area contributed by atoms with Crippen molar-refractivity contribution in [3.05, 3.63) is 46.6 Å². The molecule has 5 nitrogen and oxygen atoms in total. The average Bonchev–Trinajstić information content (AvgIpc) is 2.49. The Labute approximate surface area is 134 Å². The molecule has 0 radical (unpaired) electrons. The number of nitrogens with two attached hydrogens (primary N) is 1. The number of nitrogens with zero attached hydrogens (tertiary/aromatic N) is 2. The van der Waals surface area contributed by atoms with Crippen LogP contribution >= 0.6 is 11.6 Å². The Kier molecular flexibility index (Phi) is 3.74. The van der Waals surface area contributed by atoms with E-state index < -0.39 is 10.0 Å². The highest BCUT2D eigenvalue weighted by molar-refractivity contribution is 7.92. The maximum absolute atomic E-state index is 13.0. The third kappa shape index (κ3) is 2.42. The molecule has 0 unspecified atom stereocenters. The van der Waals surface area contributed by atoms with E-state index in [2.05, 4.69) is 4.98 Å². The summed E-state index contributed by atoms with van der Waals surface area (Å²) in [5.74, 6) is 0.330. The normalized spacial score (nSPS) is 14.7. The summed E-state index contributed by atoms with van der Waals surface area (Å²) in [6.07, 6.45) is 2.87. The van der Waals surface area contributed by atoms with Gasteiger partial charge in [-0.05, 0) is 43.0 Å². The summed E-state index contributed by atoms with van der Waals surface area (Å²) >= 11 is 6.25. The van der Waals surface area contributed by atoms with Crippen LogP contribution in [0.4, 0.5) is 11.5 Å². The van der Waals surface area contributed by atoms with Gasteiger partial charge in [0.15, 0.2) is 0 Å². The molecule has 0 saturated heterocycles. The third-order valence-electron chi connectivity index (χ3n) is 3.81. The van der Waals surface area contributed by atoms with Gasteiger partial charge in [-0.1, -0.05) is 23.7 Å². The molecule has 0 fully saturated rings. The highest BCUT2D eigenvalue weighted by Gasteiger charge is 2.31. The van der Waals surface area contributed by atoms with E-state index in [0.29, 0.717) is 28.6 Å². The first-order chi connectivity index (χ1) is 10.4. The summed E-state index contributed by atoms with van der Waals surface area (Å²) in [7, 11) is -3.71. The fourth-order valence-corrected chi connectivity index (χ4v) is 4.57. The number of fused-ring (bicyclic) bond motifs is 1. The molecule has 22 heavy (non-hydrogen) atoms. The molecule has 0 amide bonds. The van der Waals surface area contributed by atoms with E-state index >= 15 is 0 Å². The van der Waals surface area contributed by atoms with E-state index in [4.69, 9.17) is 17.3 Å². The Morgan fingerprint density at radius 2 is 2.14 bits per heavy atom. The number of sulfonamides is 1. The van der Waals surface area contributed by atoms with E-state index in [0.717, 1.165) is 18.4 Å². The van der Waals surface area contributed by atoms with Crippen LogP contribution in [0.25, 0.3) is 0 Å². The number of rotatable bonds is 2. The van der Waals surface area contributed by atoms with Gasteiger partial charge >= 0.3 is 0 Å². The molecule has 0 aliphatic carbocycles. The van der Waals surface area contributed by atoms with E-state index in [1.54, 1.807) is 19.1 Å². The molecule has 2 heterocycles. The second kappa shape index (κ2) is 5.44. The third-order valence-corrected chi connectivity index (χ3v) is 5.88. The van der Waals surface area contributed by atoms with E-state index in [1.165, 1.54) is 10.5 Å². The molecule has 1 aromatic heterocycles. The maximum atomic E-state index is 13.0. The number of anilines is 2. The number of benzene rings is 1. The Morgan fingerprint density at radius 1 is 1.36 bits per heavy atom. The minimum absolute atomic E-state index is 0.131. The van der Waals surface area contributed by atoms with Gasteiger partial charge in [0.05, 0.1) is 10.7 Å². The molecule has 2 aromatic rings. The Balaban J connectivity index is 2.13. The van der Waals surface area contributed by atoms with Crippen LogP contribution in [0.2, 0.25) is 5.02 Å². The van der Waals surface area contributed by atoms with Crippen molar-refractivity contribution in [2.24, 2.45) is 0 Å². The van der Waals surface area contributed by atoms with Crippen LogP contribution in [0.5, 0.6) is 0 Å². The van der Waals surface area contributed by atoms with Crippen molar-refractivity contribution >= 4 is 33.1 Å². The van der Waals surface area contributed by atoms with Crippen LogP contribution in [-0.2, 0) is 16.4 Å². The monoisotopic (exact) mass is 337 g/mol. The molecule has 3 rings (SSSR count). The first-order valence-corrected chi connectivity index (χ1v) is 8.75. The van der Waals surface area contributed by atoms with Crippen molar-refractivity contribution in [2.45, 2.75) is 24.7 Å². The molecule has 2 N–H and O–H groups in total. The molecular weight excluding hydrogens is 322 g/mol. The Hall–Kier alpha value is -1.79. The van der Waals surface area contributed by atoms with Crippen LogP contribution in [-0.4, -0.2) is 19.9 Å². The van der Waals surface area contributed by atoms with Gasteiger partial charge in [-0.3, -0.25) is 4.31 Å². The van der Waals surface area contributed by atoms with Crippen molar-refractivity contribution < 1.29 is 8.42 Å². The number of pyridine rings is 1. The number of nitrogen functional groups attached to an aromatic ring is 1. The maximum Gasteiger partial charge on any atom is 0.265 e. The van der Waals surface area contributed by atoms with Crippen molar-refractivity contribution in [1.29, 1.82) is 0 Å². The van der Waals surface area contributed by atoms with Crippen molar-refractivity contribution in [2.75, 3.05) is 16.6 Å². The van der Waals surface area contributed by atoms with Crippen LogP contribution in [0.1, 0.15) is 17.5 Å². The molecule has 1 aliphatic heterocycles. The fraction of sp³-hybridized carbons (Fsp3) is 0.267. The minimum atomic E-state index is -3.71. The van der Waals surface area contributed by atoms with Crippen LogP contribution < -0.4 is 10.0 Å². The first-order valence-electron chi connectivity index (χ1n) is 6.93.